The predicted octanol–water partition coefficient (Wildman–Crippen LogP) is 10.9. The number of halogens is 6. The van der Waals surface area contributed by atoms with E-state index in [1.165, 1.54) is 25.7 Å². The fraction of sp³-hybridized carbons (Fsp3) is 0.700. The van der Waals surface area contributed by atoms with Gasteiger partial charge in [0, 0.05) is 23.4 Å². The molecule has 214 valence electrons. The topological polar surface area (TPSA) is 29.1 Å². The maximum Gasteiger partial charge on any atom is 0.220 e. The third-order valence-corrected chi connectivity index (χ3v) is 12.6. The second-order valence-corrected chi connectivity index (χ2v) is 14.1. The number of hydrogen-bond donors (Lipinski definition) is 1. The summed E-state index contributed by atoms with van der Waals surface area (Å²) in [6.07, 6.45) is 14.0. The van der Waals surface area contributed by atoms with Crippen molar-refractivity contribution in [3.8, 4) is 0 Å². The molecular formula is C30H41Cl6NO. The lowest BCUT2D eigenvalue weighted by Gasteiger charge is -2.40. The molecule has 0 aromatic heterocycles. The summed E-state index contributed by atoms with van der Waals surface area (Å²) in [5.74, 6) is 0.0646. The number of rotatable bonds is 17. The Hall–Kier alpha value is 0.170. The number of carbonyl (C=O) groups is 1. The quantitative estimate of drug-likeness (QED) is 0.133. The fourth-order valence-corrected chi connectivity index (χ4v) is 9.74. The Morgan fingerprint density at radius 1 is 0.842 bits per heavy atom. The summed E-state index contributed by atoms with van der Waals surface area (Å²) in [6, 6.07) is 9.96. The van der Waals surface area contributed by atoms with E-state index in [2.05, 4.69) is 12.2 Å². The van der Waals surface area contributed by atoms with E-state index in [-0.39, 0.29) is 11.8 Å². The molecule has 0 saturated heterocycles. The molecule has 3 rings (SSSR count). The Labute approximate surface area is 259 Å². The molecule has 0 aliphatic heterocycles. The van der Waals surface area contributed by atoms with Crippen LogP contribution < -0.4 is 5.32 Å². The molecule has 2 bridgehead atoms. The first-order valence-electron chi connectivity index (χ1n) is 14.2. The molecule has 0 spiro atoms. The molecule has 1 aromatic carbocycles. The van der Waals surface area contributed by atoms with Crippen LogP contribution in [0.25, 0.3) is 0 Å². The minimum Gasteiger partial charge on any atom is -0.352 e. The highest BCUT2D eigenvalue weighted by Crippen LogP contribution is 2.79. The first kappa shape index (κ1) is 32.7. The molecule has 1 aromatic rings. The van der Waals surface area contributed by atoms with Crippen LogP contribution in [-0.2, 0) is 11.3 Å². The molecule has 2 aliphatic rings. The first-order chi connectivity index (χ1) is 18.1. The van der Waals surface area contributed by atoms with Crippen molar-refractivity contribution in [3.05, 3.63) is 46.0 Å². The van der Waals surface area contributed by atoms with Gasteiger partial charge in [-0.15, -0.1) is 23.2 Å². The summed E-state index contributed by atoms with van der Waals surface area (Å²) in [6.45, 7) is 2.79. The third kappa shape index (κ3) is 6.63. The van der Waals surface area contributed by atoms with Gasteiger partial charge in [0.1, 0.15) is 4.87 Å². The molecular weight excluding hydrogens is 603 g/mol. The lowest BCUT2D eigenvalue weighted by molar-refractivity contribution is -0.121. The van der Waals surface area contributed by atoms with Gasteiger partial charge < -0.3 is 5.32 Å². The number of fused-ring (bicyclic) bond motifs is 2. The maximum atomic E-state index is 12.1. The molecule has 4 atom stereocenters. The van der Waals surface area contributed by atoms with Gasteiger partial charge in [-0.05, 0) is 30.7 Å². The van der Waals surface area contributed by atoms with Crippen molar-refractivity contribution in [2.24, 2.45) is 11.3 Å². The molecule has 1 amide bonds. The number of carbonyl (C=O) groups excluding carboxylic acids is 1. The van der Waals surface area contributed by atoms with Crippen molar-refractivity contribution in [1.29, 1.82) is 0 Å². The SMILES string of the molecule is CCCCCCCCC12C(Cl)=C(Cl)C(Cl)(C(Cl)C1CCCCCCCC(=O)NCc1ccccc1)C2(Cl)Cl. The van der Waals surface area contributed by atoms with Gasteiger partial charge in [-0.1, -0.05) is 148 Å². The van der Waals surface area contributed by atoms with Gasteiger partial charge in [0.25, 0.3) is 0 Å². The Morgan fingerprint density at radius 3 is 2.13 bits per heavy atom. The van der Waals surface area contributed by atoms with Crippen molar-refractivity contribution < 1.29 is 4.79 Å². The summed E-state index contributed by atoms with van der Waals surface area (Å²) < 4.78 is -1.34. The van der Waals surface area contributed by atoms with Gasteiger partial charge in [-0.3, -0.25) is 4.79 Å². The van der Waals surface area contributed by atoms with E-state index >= 15 is 0 Å². The van der Waals surface area contributed by atoms with Gasteiger partial charge in [-0.2, -0.15) is 0 Å². The van der Waals surface area contributed by atoms with E-state index in [4.69, 9.17) is 69.6 Å². The number of alkyl halides is 4. The van der Waals surface area contributed by atoms with Gasteiger partial charge >= 0.3 is 0 Å². The van der Waals surface area contributed by atoms with E-state index in [0.29, 0.717) is 23.0 Å². The molecule has 2 aliphatic carbocycles. The van der Waals surface area contributed by atoms with Gasteiger partial charge in [-0.25, -0.2) is 0 Å². The molecule has 4 unspecified atom stereocenters. The van der Waals surface area contributed by atoms with Crippen LogP contribution >= 0.6 is 69.6 Å². The normalized spacial score (nSPS) is 27.8. The van der Waals surface area contributed by atoms with Crippen LogP contribution in [0, 0.1) is 11.3 Å². The molecule has 2 nitrogen and oxygen atoms in total. The standard InChI is InChI=1S/C30H41Cl6NO/c1-2-3-4-5-9-15-20-28-23(25(31)29(34,30(28,35)36)27(33)26(28)32)18-13-7-6-8-14-19-24(38)37-21-22-16-11-10-12-17-22/h10-12,16-17,23,25H,2-9,13-15,18-21H2,1H3,(H,37,38). The average Bonchev–Trinajstić information content (AvgIpc) is 3.11. The summed E-state index contributed by atoms with van der Waals surface area (Å²) >= 11 is 41.6. The number of allylic oxidation sites excluding steroid dienone is 2. The number of amides is 1. The molecule has 0 heterocycles. The average molecular weight is 644 g/mol. The maximum absolute atomic E-state index is 12.1. The molecule has 0 radical (unpaired) electrons. The van der Waals surface area contributed by atoms with Crippen LogP contribution in [0.15, 0.2) is 40.4 Å². The summed E-state index contributed by atoms with van der Waals surface area (Å²) in [5.41, 5.74) is 0.394. The minimum absolute atomic E-state index is 0.0360. The monoisotopic (exact) mass is 641 g/mol. The third-order valence-electron chi connectivity index (χ3n) is 8.46. The predicted molar refractivity (Wildman–Crippen MR) is 166 cm³/mol. The van der Waals surface area contributed by atoms with Crippen LogP contribution in [0.3, 0.4) is 0 Å². The zero-order chi connectivity index (χ0) is 27.8. The second kappa shape index (κ2) is 14.9. The van der Waals surface area contributed by atoms with Crippen LogP contribution in [0.1, 0.15) is 102 Å². The minimum atomic E-state index is -1.34. The highest BCUT2D eigenvalue weighted by atomic mass is 35.5. The summed E-state index contributed by atoms with van der Waals surface area (Å²) in [5, 5.41) is 3.34. The summed E-state index contributed by atoms with van der Waals surface area (Å²) in [7, 11) is 0. The molecule has 38 heavy (non-hydrogen) atoms. The Bertz CT molecular complexity index is 938. The van der Waals surface area contributed by atoms with E-state index in [1.807, 2.05) is 30.3 Å². The zero-order valence-electron chi connectivity index (χ0n) is 22.3. The number of unbranched alkanes of at least 4 members (excludes halogenated alkanes) is 9. The van der Waals surface area contributed by atoms with Crippen LogP contribution in [0.2, 0.25) is 0 Å². The smallest absolute Gasteiger partial charge is 0.220 e. The Balaban J connectivity index is 1.46. The highest BCUT2D eigenvalue weighted by Gasteiger charge is 2.81. The van der Waals surface area contributed by atoms with Crippen molar-refractivity contribution in [2.45, 2.75) is 118 Å². The van der Waals surface area contributed by atoms with Crippen molar-refractivity contribution in [3.63, 3.8) is 0 Å². The van der Waals surface area contributed by atoms with Crippen LogP contribution in [-0.4, -0.2) is 20.5 Å². The Kier molecular flexibility index (Phi) is 12.8. The molecule has 1 fully saturated rings. The zero-order valence-corrected chi connectivity index (χ0v) is 26.9. The second-order valence-electron chi connectivity index (χ2n) is 11.0. The van der Waals surface area contributed by atoms with Gasteiger partial charge in [0.2, 0.25) is 5.91 Å². The van der Waals surface area contributed by atoms with Crippen molar-refractivity contribution in [2.75, 3.05) is 0 Å². The number of nitrogens with one attached hydrogen (secondary N) is 1. The van der Waals surface area contributed by atoms with Crippen LogP contribution in [0.4, 0.5) is 0 Å². The molecule has 1 saturated carbocycles. The van der Waals surface area contributed by atoms with Gasteiger partial charge in [0.15, 0.2) is 4.33 Å². The Morgan fingerprint density at radius 2 is 1.45 bits per heavy atom. The fourth-order valence-electron chi connectivity index (χ4n) is 6.27. The molecule has 1 N–H and O–H groups in total. The lowest BCUT2D eigenvalue weighted by atomic mass is 9.71. The van der Waals surface area contributed by atoms with Gasteiger partial charge in [0.05, 0.1) is 10.4 Å². The first-order valence-corrected chi connectivity index (χ1v) is 16.5. The van der Waals surface area contributed by atoms with Crippen molar-refractivity contribution in [1.82, 2.24) is 5.32 Å². The highest BCUT2D eigenvalue weighted by molar-refractivity contribution is 6.62. The van der Waals surface area contributed by atoms with E-state index in [0.717, 1.165) is 63.4 Å². The van der Waals surface area contributed by atoms with E-state index in [1.54, 1.807) is 0 Å². The largest absolute Gasteiger partial charge is 0.352 e. The number of hydrogen-bond acceptors (Lipinski definition) is 1. The van der Waals surface area contributed by atoms with E-state index < -0.39 is 20.0 Å². The van der Waals surface area contributed by atoms with Crippen LogP contribution in [0.5, 0.6) is 0 Å². The lowest BCUT2D eigenvalue weighted by Crippen LogP contribution is -2.44. The van der Waals surface area contributed by atoms with E-state index in [9.17, 15) is 4.79 Å². The number of benzene rings is 1. The van der Waals surface area contributed by atoms with Crippen molar-refractivity contribution >= 4 is 75.5 Å². The molecule has 8 heteroatoms. The summed E-state index contributed by atoms with van der Waals surface area (Å²) in [4.78, 5) is 10.9.